The predicted octanol–water partition coefficient (Wildman–Crippen LogP) is 1.01. The highest BCUT2D eigenvalue weighted by Gasteiger charge is 1.98. The number of amides is 1. The van der Waals surface area contributed by atoms with Crippen molar-refractivity contribution in [2.24, 2.45) is 0 Å². The maximum Gasteiger partial charge on any atom is 0.221 e. The molecule has 88 valence electrons. The van der Waals surface area contributed by atoms with Gasteiger partial charge in [0.25, 0.3) is 0 Å². The van der Waals surface area contributed by atoms with Crippen LogP contribution in [0.25, 0.3) is 0 Å². The number of rotatable bonds is 6. The Morgan fingerprint density at radius 1 is 1.44 bits per heavy atom. The molecule has 0 radical (unpaired) electrons. The van der Waals surface area contributed by atoms with E-state index in [4.69, 9.17) is 0 Å². The standard InChI is InChI=1S/C12H19N3O/c1-3-14-12(16)6-7-13-8-11-5-4-10(2)15-9-11/h4-5,9,13H,3,6-8H2,1-2H3,(H,14,16). The fourth-order valence-electron chi connectivity index (χ4n) is 1.32. The van der Waals surface area contributed by atoms with Crippen LogP contribution in [0.5, 0.6) is 0 Å². The lowest BCUT2D eigenvalue weighted by Crippen LogP contribution is -2.27. The summed E-state index contributed by atoms with van der Waals surface area (Å²) in [5, 5.41) is 5.97. The summed E-state index contributed by atoms with van der Waals surface area (Å²) in [5.74, 6) is 0.0945. The van der Waals surface area contributed by atoms with Crippen LogP contribution in [0.4, 0.5) is 0 Å². The van der Waals surface area contributed by atoms with E-state index in [0.29, 0.717) is 19.5 Å². The van der Waals surface area contributed by atoms with Crippen LogP contribution < -0.4 is 10.6 Å². The van der Waals surface area contributed by atoms with Crippen molar-refractivity contribution in [2.75, 3.05) is 13.1 Å². The van der Waals surface area contributed by atoms with Crippen LogP contribution >= 0.6 is 0 Å². The van der Waals surface area contributed by atoms with Crippen LogP contribution in [0, 0.1) is 6.92 Å². The molecular weight excluding hydrogens is 202 g/mol. The maximum absolute atomic E-state index is 11.1. The van der Waals surface area contributed by atoms with E-state index in [0.717, 1.165) is 17.8 Å². The summed E-state index contributed by atoms with van der Waals surface area (Å²) in [6, 6.07) is 4.03. The Balaban J connectivity index is 2.16. The van der Waals surface area contributed by atoms with Crippen molar-refractivity contribution in [3.8, 4) is 0 Å². The molecule has 0 saturated carbocycles. The first-order chi connectivity index (χ1) is 7.72. The normalized spacial score (nSPS) is 10.1. The molecule has 0 fully saturated rings. The fraction of sp³-hybridized carbons (Fsp3) is 0.500. The molecule has 1 aromatic heterocycles. The van der Waals surface area contributed by atoms with Gasteiger partial charge in [-0.3, -0.25) is 9.78 Å². The number of pyridine rings is 1. The van der Waals surface area contributed by atoms with Gasteiger partial charge in [-0.05, 0) is 25.5 Å². The molecule has 1 aromatic rings. The third-order valence-electron chi connectivity index (χ3n) is 2.20. The Kier molecular flexibility index (Phi) is 5.50. The number of carbonyl (C=O) groups excluding carboxylic acids is 1. The topological polar surface area (TPSA) is 54.0 Å². The second-order valence-electron chi connectivity index (χ2n) is 3.69. The minimum atomic E-state index is 0.0945. The summed E-state index contributed by atoms with van der Waals surface area (Å²) in [6.45, 7) is 6.03. The smallest absolute Gasteiger partial charge is 0.221 e. The van der Waals surface area contributed by atoms with E-state index in [1.165, 1.54) is 0 Å². The third-order valence-corrected chi connectivity index (χ3v) is 2.20. The molecule has 16 heavy (non-hydrogen) atoms. The zero-order valence-corrected chi connectivity index (χ0v) is 9.92. The Hall–Kier alpha value is -1.42. The molecule has 0 aliphatic heterocycles. The van der Waals surface area contributed by atoms with Crippen molar-refractivity contribution >= 4 is 5.91 Å². The molecule has 1 amide bonds. The molecule has 0 spiro atoms. The van der Waals surface area contributed by atoms with Crippen molar-refractivity contribution in [1.29, 1.82) is 0 Å². The van der Waals surface area contributed by atoms with Crippen molar-refractivity contribution < 1.29 is 4.79 Å². The second kappa shape index (κ2) is 6.95. The summed E-state index contributed by atoms with van der Waals surface area (Å²) < 4.78 is 0. The molecule has 0 aliphatic carbocycles. The first-order valence-corrected chi connectivity index (χ1v) is 5.61. The summed E-state index contributed by atoms with van der Waals surface area (Å²) in [4.78, 5) is 15.3. The van der Waals surface area contributed by atoms with Crippen LogP contribution in [0.3, 0.4) is 0 Å². The molecule has 1 rings (SSSR count). The van der Waals surface area contributed by atoms with Crippen molar-refractivity contribution in [1.82, 2.24) is 15.6 Å². The third kappa shape index (κ3) is 4.89. The van der Waals surface area contributed by atoms with Crippen molar-refractivity contribution in [2.45, 2.75) is 26.8 Å². The monoisotopic (exact) mass is 221 g/mol. The molecule has 4 heteroatoms. The highest BCUT2D eigenvalue weighted by molar-refractivity contribution is 5.75. The van der Waals surface area contributed by atoms with E-state index in [2.05, 4.69) is 15.6 Å². The van der Waals surface area contributed by atoms with Gasteiger partial charge in [0, 0.05) is 37.9 Å². The van der Waals surface area contributed by atoms with E-state index in [9.17, 15) is 4.79 Å². The number of hydrogen-bond donors (Lipinski definition) is 2. The zero-order chi connectivity index (χ0) is 11.8. The summed E-state index contributed by atoms with van der Waals surface area (Å²) >= 11 is 0. The van der Waals surface area contributed by atoms with Crippen LogP contribution in [0.15, 0.2) is 18.3 Å². The van der Waals surface area contributed by atoms with Gasteiger partial charge >= 0.3 is 0 Å². The van der Waals surface area contributed by atoms with E-state index in [1.54, 1.807) is 0 Å². The highest BCUT2D eigenvalue weighted by Crippen LogP contribution is 1.98. The lowest BCUT2D eigenvalue weighted by Gasteiger charge is -2.05. The molecule has 1 heterocycles. The molecule has 0 aromatic carbocycles. The molecular formula is C12H19N3O. The molecule has 0 aliphatic rings. The number of aromatic nitrogens is 1. The van der Waals surface area contributed by atoms with E-state index >= 15 is 0 Å². The largest absolute Gasteiger partial charge is 0.356 e. The van der Waals surface area contributed by atoms with Gasteiger partial charge < -0.3 is 10.6 Å². The first kappa shape index (κ1) is 12.6. The first-order valence-electron chi connectivity index (χ1n) is 5.61. The van der Waals surface area contributed by atoms with Crippen LogP contribution in [-0.2, 0) is 11.3 Å². The lowest BCUT2D eigenvalue weighted by atomic mass is 10.2. The number of hydrogen-bond acceptors (Lipinski definition) is 3. The summed E-state index contributed by atoms with van der Waals surface area (Å²) in [7, 11) is 0. The van der Waals surface area contributed by atoms with Gasteiger partial charge in [-0.25, -0.2) is 0 Å². The van der Waals surface area contributed by atoms with Gasteiger partial charge in [-0.2, -0.15) is 0 Å². The van der Waals surface area contributed by atoms with Gasteiger partial charge in [-0.1, -0.05) is 6.07 Å². The Labute approximate surface area is 96.5 Å². The van der Waals surface area contributed by atoms with Gasteiger partial charge in [0.1, 0.15) is 0 Å². The van der Waals surface area contributed by atoms with Crippen molar-refractivity contribution in [3.63, 3.8) is 0 Å². The molecule has 2 N–H and O–H groups in total. The predicted molar refractivity (Wildman–Crippen MR) is 64.0 cm³/mol. The average Bonchev–Trinajstić information content (AvgIpc) is 2.27. The number of carbonyl (C=O) groups is 1. The number of nitrogens with zero attached hydrogens (tertiary/aromatic N) is 1. The molecule has 0 bridgehead atoms. The Morgan fingerprint density at radius 2 is 2.25 bits per heavy atom. The SMILES string of the molecule is CCNC(=O)CCNCc1ccc(C)nc1. The number of aryl methyl sites for hydroxylation is 1. The van der Waals surface area contributed by atoms with E-state index in [1.807, 2.05) is 32.2 Å². The zero-order valence-electron chi connectivity index (χ0n) is 9.92. The highest BCUT2D eigenvalue weighted by atomic mass is 16.1. The van der Waals surface area contributed by atoms with Crippen LogP contribution in [0.2, 0.25) is 0 Å². The molecule has 0 atom stereocenters. The molecule has 0 unspecified atom stereocenters. The van der Waals surface area contributed by atoms with E-state index < -0.39 is 0 Å². The van der Waals surface area contributed by atoms with Crippen LogP contribution in [-0.4, -0.2) is 24.0 Å². The molecule has 4 nitrogen and oxygen atoms in total. The Morgan fingerprint density at radius 3 is 2.88 bits per heavy atom. The van der Waals surface area contributed by atoms with Gasteiger partial charge in [0.15, 0.2) is 0 Å². The van der Waals surface area contributed by atoms with Gasteiger partial charge in [0.05, 0.1) is 0 Å². The van der Waals surface area contributed by atoms with Crippen LogP contribution in [0.1, 0.15) is 24.6 Å². The minimum absolute atomic E-state index is 0.0945. The second-order valence-corrected chi connectivity index (χ2v) is 3.69. The molecule has 0 saturated heterocycles. The lowest BCUT2D eigenvalue weighted by molar-refractivity contribution is -0.120. The van der Waals surface area contributed by atoms with Gasteiger partial charge in [-0.15, -0.1) is 0 Å². The average molecular weight is 221 g/mol. The van der Waals surface area contributed by atoms with Crippen molar-refractivity contribution in [3.05, 3.63) is 29.6 Å². The van der Waals surface area contributed by atoms with Gasteiger partial charge in [0.2, 0.25) is 5.91 Å². The summed E-state index contributed by atoms with van der Waals surface area (Å²) in [6.07, 6.45) is 2.38. The minimum Gasteiger partial charge on any atom is -0.356 e. The summed E-state index contributed by atoms with van der Waals surface area (Å²) in [5.41, 5.74) is 2.16. The maximum atomic E-state index is 11.1. The Bertz CT molecular complexity index is 322. The number of nitrogens with one attached hydrogen (secondary N) is 2. The fourth-order valence-corrected chi connectivity index (χ4v) is 1.32. The van der Waals surface area contributed by atoms with E-state index in [-0.39, 0.29) is 5.91 Å². The quantitative estimate of drug-likeness (QED) is 0.705.